The van der Waals surface area contributed by atoms with Gasteiger partial charge in [-0.15, -0.1) is 0 Å². The molecule has 0 radical (unpaired) electrons. The summed E-state index contributed by atoms with van der Waals surface area (Å²) in [6, 6.07) is 6.92. The van der Waals surface area contributed by atoms with Crippen molar-refractivity contribution in [1.82, 2.24) is 9.80 Å². The molecule has 0 atom stereocenters. The molecule has 0 aliphatic carbocycles. The number of carbonyl (C=O) groups is 2. The fourth-order valence-electron chi connectivity index (χ4n) is 2.17. The summed E-state index contributed by atoms with van der Waals surface area (Å²) < 4.78 is 10.6. The highest BCUT2D eigenvalue weighted by Gasteiger charge is 2.14. The Kier molecular flexibility index (Phi) is 6.02. The Hall–Kier alpha value is -2.50. The first kappa shape index (κ1) is 16.9. The molecule has 0 spiro atoms. The standard InChI is InChI=1S/C17H22N2O4/c1-3-22-17(21)15-5-7-16(8-6-15)23-12-4-9-18-10-11-19(13-18)14(2)20/h5-8,10-11H,3-4,9,12-13H2,1-2H3. The van der Waals surface area contributed by atoms with Crippen LogP contribution >= 0.6 is 0 Å². The number of carbonyl (C=O) groups excluding carboxylic acids is 2. The van der Waals surface area contributed by atoms with E-state index in [1.54, 1.807) is 49.2 Å². The maximum absolute atomic E-state index is 11.5. The molecule has 1 amide bonds. The maximum Gasteiger partial charge on any atom is 0.338 e. The van der Waals surface area contributed by atoms with Crippen molar-refractivity contribution in [3.05, 3.63) is 42.2 Å². The average molecular weight is 318 g/mol. The summed E-state index contributed by atoms with van der Waals surface area (Å²) in [6.45, 7) is 5.69. The van der Waals surface area contributed by atoms with Gasteiger partial charge in [-0.3, -0.25) is 9.69 Å². The van der Waals surface area contributed by atoms with Crippen LogP contribution in [0.3, 0.4) is 0 Å². The molecule has 0 N–H and O–H groups in total. The maximum atomic E-state index is 11.5. The first-order valence-electron chi connectivity index (χ1n) is 7.69. The predicted molar refractivity (Wildman–Crippen MR) is 85.7 cm³/mol. The van der Waals surface area contributed by atoms with Crippen molar-refractivity contribution in [2.75, 3.05) is 26.4 Å². The summed E-state index contributed by atoms with van der Waals surface area (Å²) in [6.07, 6.45) is 4.54. The Morgan fingerprint density at radius 2 is 1.91 bits per heavy atom. The van der Waals surface area contributed by atoms with Crippen molar-refractivity contribution in [2.24, 2.45) is 0 Å². The quantitative estimate of drug-likeness (QED) is 0.570. The van der Waals surface area contributed by atoms with E-state index in [0.29, 0.717) is 25.4 Å². The van der Waals surface area contributed by atoms with E-state index < -0.39 is 0 Å². The summed E-state index contributed by atoms with van der Waals surface area (Å²) in [5.41, 5.74) is 0.519. The molecule has 0 saturated carbocycles. The van der Waals surface area contributed by atoms with Crippen LogP contribution in [0.5, 0.6) is 5.75 Å². The van der Waals surface area contributed by atoms with Crippen LogP contribution < -0.4 is 4.74 Å². The van der Waals surface area contributed by atoms with Crippen molar-refractivity contribution >= 4 is 11.9 Å². The molecule has 0 aromatic heterocycles. The molecule has 1 aliphatic heterocycles. The van der Waals surface area contributed by atoms with Crippen molar-refractivity contribution in [2.45, 2.75) is 20.3 Å². The second-order valence-electron chi connectivity index (χ2n) is 5.19. The van der Waals surface area contributed by atoms with E-state index >= 15 is 0 Å². The van der Waals surface area contributed by atoms with Gasteiger partial charge in [0, 0.05) is 25.9 Å². The Bertz CT molecular complexity index is 568. The summed E-state index contributed by atoms with van der Waals surface area (Å²) in [7, 11) is 0. The van der Waals surface area contributed by atoms with E-state index in [9.17, 15) is 9.59 Å². The lowest BCUT2D eigenvalue weighted by Gasteiger charge is -2.18. The molecule has 0 unspecified atom stereocenters. The molecule has 6 nitrogen and oxygen atoms in total. The summed E-state index contributed by atoms with van der Waals surface area (Å²) >= 11 is 0. The lowest BCUT2D eigenvalue weighted by molar-refractivity contribution is -0.126. The van der Waals surface area contributed by atoms with Gasteiger partial charge in [0.15, 0.2) is 0 Å². The fourth-order valence-corrected chi connectivity index (χ4v) is 2.17. The molecule has 1 aromatic rings. The Labute approximate surface area is 136 Å². The van der Waals surface area contributed by atoms with Crippen LogP contribution in [0.1, 0.15) is 30.6 Å². The second-order valence-corrected chi connectivity index (χ2v) is 5.19. The van der Waals surface area contributed by atoms with Gasteiger partial charge < -0.3 is 14.4 Å². The SMILES string of the molecule is CCOC(=O)c1ccc(OCCCN2C=CN(C(C)=O)C2)cc1. The molecule has 2 rings (SSSR count). The summed E-state index contributed by atoms with van der Waals surface area (Å²) in [5.74, 6) is 0.442. The number of rotatable bonds is 7. The van der Waals surface area contributed by atoms with Gasteiger partial charge in [0.25, 0.3) is 0 Å². The largest absolute Gasteiger partial charge is 0.494 e. The normalized spacial score (nSPS) is 13.3. The minimum absolute atomic E-state index is 0.0432. The van der Waals surface area contributed by atoms with Crippen LogP contribution in [0.15, 0.2) is 36.7 Å². The fraction of sp³-hybridized carbons (Fsp3) is 0.412. The average Bonchev–Trinajstić information content (AvgIpc) is 3.01. The molecule has 23 heavy (non-hydrogen) atoms. The zero-order valence-corrected chi connectivity index (χ0v) is 13.5. The minimum Gasteiger partial charge on any atom is -0.494 e. The van der Waals surface area contributed by atoms with Gasteiger partial charge >= 0.3 is 5.97 Å². The highest BCUT2D eigenvalue weighted by atomic mass is 16.5. The third kappa shape index (κ3) is 5.02. The van der Waals surface area contributed by atoms with Crippen molar-refractivity contribution in [3.63, 3.8) is 0 Å². The number of ether oxygens (including phenoxy) is 2. The molecule has 124 valence electrons. The van der Waals surface area contributed by atoms with E-state index in [1.165, 1.54) is 0 Å². The zero-order valence-electron chi connectivity index (χ0n) is 13.5. The van der Waals surface area contributed by atoms with Crippen LogP contribution in [-0.2, 0) is 9.53 Å². The molecule has 6 heteroatoms. The van der Waals surface area contributed by atoms with Crippen molar-refractivity contribution in [1.29, 1.82) is 0 Å². The first-order valence-corrected chi connectivity index (χ1v) is 7.69. The molecule has 0 saturated heterocycles. The van der Waals surface area contributed by atoms with Gasteiger partial charge in [-0.2, -0.15) is 0 Å². The Balaban J connectivity index is 1.68. The monoisotopic (exact) mass is 318 g/mol. The molecule has 1 heterocycles. The van der Waals surface area contributed by atoms with Crippen molar-refractivity contribution in [3.8, 4) is 5.75 Å². The van der Waals surface area contributed by atoms with E-state index in [1.807, 2.05) is 6.20 Å². The van der Waals surface area contributed by atoms with Crippen molar-refractivity contribution < 1.29 is 19.1 Å². The third-order valence-electron chi connectivity index (χ3n) is 3.42. The van der Waals surface area contributed by atoms with Gasteiger partial charge in [-0.25, -0.2) is 4.79 Å². The molecular weight excluding hydrogens is 296 g/mol. The number of hydrogen-bond acceptors (Lipinski definition) is 5. The Morgan fingerprint density at radius 1 is 1.17 bits per heavy atom. The number of amides is 1. The minimum atomic E-state index is -0.324. The Morgan fingerprint density at radius 3 is 2.52 bits per heavy atom. The van der Waals surface area contributed by atoms with E-state index in [4.69, 9.17) is 9.47 Å². The summed E-state index contributed by atoms with van der Waals surface area (Å²) in [4.78, 5) is 26.5. The molecular formula is C17H22N2O4. The zero-order chi connectivity index (χ0) is 16.7. The van der Waals surface area contributed by atoms with E-state index in [-0.39, 0.29) is 11.9 Å². The highest BCUT2D eigenvalue weighted by molar-refractivity contribution is 5.89. The van der Waals surface area contributed by atoms with Crippen LogP contribution in [0.2, 0.25) is 0 Å². The first-order chi connectivity index (χ1) is 11.1. The number of nitrogens with zero attached hydrogens (tertiary/aromatic N) is 2. The molecule has 0 fully saturated rings. The van der Waals surface area contributed by atoms with Crippen LogP contribution in [0.4, 0.5) is 0 Å². The van der Waals surface area contributed by atoms with Gasteiger partial charge in [0.1, 0.15) is 5.75 Å². The topological polar surface area (TPSA) is 59.1 Å². The highest BCUT2D eigenvalue weighted by Crippen LogP contribution is 2.14. The second kappa shape index (κ2) is 8.22. The predicted octanol–water partition coefficient (Wildman–Crippen LogP) is 2.23. The van der Waals surface area contributed by atoms with Gasteiger partial charge in [0.05, 0.1) is 25.4 Å². The molecule has 0 bridgehead atoms. The van der Waals surface area contributed by atoms with E-state index in [0.717, 1.165) is 18.7 Å². The number of esters is 1. The smallest absolute Gasteiger partial charge is 0.338 e. The number of hydrogen-bond donors (Lipinski definition) is 0. The van der Waals surface area contributed by atoms with Gasteiger partial charge in [-0.1, -0.05) is 0 Å². The lowest BCUT2D eigenvalue weighted by atomic mass is 10.2. The number of benzene rings is 1. The van der Waals surface area contributed by atoms with Gasteiger partial charge in [0.2, 0.25) is 5.91 Å². The van der Waals surface area contributed by atoms with Crippen LogP contribution in [0, 0.1) is 0 Å². The van der Waals surface area contributed by atoms with Crippen LogP contribution in [0.25, 0.3) is 0 Å². The third-order valence-corrected chi connectivity index (χ3v) is 3.42. The lowest BCUT2D eigenvalue weighted by Crippen LogP contribution is -2.29. The molecule has 1 aliphatic rings. The molecule has 1 aromatic carbocycles. The van der Waals surface area contributed by atoms with E-state index in [2.05, 4.69) is 4.90 Å². The summed E-state index contributed by atoms with van der Waals surface area (Å²) in [5, 5.41) is 0. The van der Waals surface area contributed by atoms with Gasteiger partial charge in [-0.05, 0) is 37.6 Å². The van der Waals surface area contributed by atoms with Crippen LogP contribution in [-0.4, -0.2) is 48.1 Å².